The Morgan fingerprint density at radius 3 is 2.57 bits per heavy atom. The maximum Gasteiger partial charge on any atom is 0.303 e. The second kappa shape index (κ2) is 10.1. The van der Waals surface area contributed by atoms with E-state index in [1.54, 1.807) is 11.3 Å². The Bertz CT molecular complexity index is 905. The second-order valence-corrected chi connectivity index (χ2v) is 7.91. The van der Waals surface area contributed by atoms with Crippen molar-refractivity contribution < 1.29 is 14.3 Å². The zero-order valence-electron chi connectivity index (χ0n) is 16.1. The van der Waals surface area contributed by atoms with Crippen LogP contribution in [0.5, 0.6) is 0 Å². The molecule has 0 aliphatic carbocycles. The molecular weight excluding hydrogens is 368 g/mol. The van der Waals surface area contributed by atoms with Crippen molar-refractivity contribution in [2.75, 3.05) is 0 Å². The van der Waals surface area contributed by atoms with Gasteiger partial charge in [0, 0.05) is 23.6 Å². The molecule has 1 aromatic carbocycles. The quantitative estimate of drug-likeness (QED) is 0.414. The molecule has 1 N–H and O–H groups in total. The fraction of sp³-hybridized carbons (Fsp3) is 0.292. The molecule has 1 atom stereocenters. The smallest absolute Gasteiger partial charge is 0.303 e. The fourth-order valence-electron chi connectivity index (χ4n) is 3.22. The number of hydrogen-bond donors (Lipinski definition) is 1. The summed E-state index contributed by atoms with van der Waals surface area (Å²) >= 11 is 1.67. The highest BCUT2D eigenvalue weighted by molar-refractivity contribution is 7.10. The van der Waals surface area contributed by atoms with Crippen LogP contribution in [0.1, 0.15) is 53.2 Å². The lowest BCUT2D eigenvalue weighted by molar-refractivity contribution is -0.137. The summed E-state index contributed by atoms with van der Waals surface area (Å²) in [6.45, 7) is 2.04. The van der Waals surface area contributed by atoms with Gasteiger partial charge in [0.2, 0.25) is 0 Å². The Balaban J connectivity index is 1.49. The normalized spacial score (nSPS) is 12.5. The summed E-state index contributed by atoms with van der Waals surface area (Å²) in [6.07, 6.45) is 7.81. The number of allylic oxidation sites excluding steroid dienone is 2. The van der Waals surface area contributed by atoms with Crippen molar-refractivity contribution in [2.45, 2.75) is 44.9 Å². The van der Waals surface area contributed by atoms with Crippen LogP contribution >= 0.6 is 11.3 Å². The first-order valence-electron chi connectivity index (χ1n) is 9.69. The Hall–Kier alpha value is -2.59. The van der Waals surface area contributed by atoms with E-state index in [0.717, 1.165) is 37.2 Å². The van der Waals surface area contributed by atoms with E-state index in [-0.39, 0.29) is 12.3 Å². The Morgan fingerprint density at radius 1 is 1.07 bits per heavy atom. The molecule has 0 fully saturated rings. The lowest BCUT2D eigenvalue weighted by atomic mass is 10.00. The van der Waals surface area contributed by atoms with E-state index in [0.29, 0.717) is 0 Å². The average molecular weight is 395 g/mol. The van der Waals surface area contributed by atoms with Crippen molar-refractivity contribution in [3.8, 4) is 0 Å². The van der Waals surface area contributed by atoms with Crippen LogP contribution in [-0.2, 0) is 24.1 Å². The first-order valence-corrected chi connectivity index (χ1v) is 10.6. The number of benzene rings is 1. The molecule has 0 bridgehead atoms. The topological polar surface area (TPSA) is 50.4 Å². The zero-order chi connectivity index (χ0) is 19.8. The van der Waals surface area contributed by atoms with Crippen LogP contribution in [0.2, 0.25) is 0 Å². The van der Waals surface area contributed by atoms with Gasteiger partial charge in [0.25, 0.3) is 0 Å². The van der Waals surface area contributed by atoms with Gasteiger partial charge in [-0.05, 0) is 47.5 Å². The highest BCUT2D eigenvalue weighted by Gasteiger charge is 2.15. The molecule has 146 valence electrons. The molecule has 0 spiro atoms. The predicted molar refractivity (Wildman–Crippen MR) is 114 cm³/mol. The molecule has 3 rings (SSSR count). The first kappa shape index (κ1) is 20.2. The van der Waals surface area contributed by atoms with Gasteiger partial charge < -0.3 is 9.52 Å². The largest absolute Gasteiger partial charge is 0.481 e. The summed E-state index contributed by atoms with van der Waals surface area (Å²) in [6, 6.07) is 16.6. The van der Waals surface area contributed by atoms with Crippen LogP contribution in [0.15, 0.2) is 70.5 Å². The molecule has 1 unspecified atom stereocenters. The van der Waals surface area contributed by atoms with Crippen molar-refractivity contribution in [1.29, 1.82) is 0 Å². The summed E-state index contributed by atoms with van der Waals surface area (Å²) in [4.78, 5) is 12.2. The number of aliphatic carboxylic acids is 1. The minimum atomic E-state index is -0.730. The van der Waals surface area contributed by atoms with Crippen molar-refractivity contribution in [3.05, 3.63) is 93.6 Å². The van der Waals surface area contributed by atoms with E-state index in [1.807, 2.05) is 31.2 Å². The molecule has 0 aliphatic rings. The van der Waals surface area contributed by atoms with E-state index in [4.69, 9.17) is 9.52 Å². The van der Waals surface area contributed by atoms with Crippen LogP contribution in [-0.4, -0.2) is 11.1 Å². The monoisotopic (exact) mass is 394 g/mol. The Kier molecular flexibility index (Phi) is 7.26. The van der Waals surface area contributed by atoms with Crippen molar-refractivity contribution in [3.63, 3.8) is 0 Å². The summed E-state index contributed by atoms with van der Waals surface area (Å²) in [7, 11) is 0. The Morgan fingerprint density at radius 2 is 1.82 bits per heavy atom. The minimum absolute atomic E-state index is 0.117. The third kappa shape index (κ3) is 5.96. The molecule has 0 aliphatic heterocycles. The van der Waals surface area contributed by atoms with Gasteiger partial charge in [0.05, 0.1) is 6.42 Å². The lowest BCUT2D eigenvalue weighted by Crippen LogP contribution is -2.03. The van der Waals surface area contributed by atoms with E-state index in [9.17, 15) is 4.79 Å². The highest BCUT2D eigenvalue weighted by Crippen LogP contribution is 2.29. The number of carboxylic acid groups (broad SMARTS) is 1. The summed E-state index contributed by atoms with van der Waals surface area (Å²) in [5.74, 6) is 1.35. The van der Waals surface area contributed by atoms with Crippen LogP contribution in [0.3, 0.4) is 0 Å². The molecule has 3 nitrogen and oxygen atoms in total. The standard InChI is InChI=1S/C24H26O3S/c1-2-20(16-24(25)26)23-15-19(17-28-23)10-6-7-11-21-12-13-22(27-21)14-18-8-4-3-5-9-18/h3-9,12-13,15,17,20H,2,10-11,14,16H2,1H3,(H,25,26). The van der Waals surface area contributed by atoms with Crippen molar-refractivity contribution >= 4 is 17.3 Å². The van der Waals surface area contributed by atoms with Gasteiger partial charge in [0.1, 0.15) is 11.5 Å². The van der Waals surface area contributed by atoms with Gasteiger partial charge in [-0.15, -0.1) is 11.3 Å². The molecule has 0 radical (unpaired) electrons. The van der Waals surface area contributed by atoms with Crippen LogP contribution in [0, 0.1) is 0 Å². The molecule has 0 saturated carbocycles. The van der Waals surface area contributed by atoms with Crippen LogP contribution in [0.25, 0.3) is 0 Å². The number of thiophene rings is 1. The van der Waals surface area contributed by atoms with Gasteiger partial charge in [-0.2, -0.15) is 0 Å². The van der Waals surface area contributed by atoms with Gasteiger partial charge in [-0.1, -0.05) is 49.4 Å². The number of furan rings is 1. The zero-order valence-corrected chi connectivity index (χ0v) is 17.0. The van der Waals surface area contributed by atoms with E-state index >= 15 is 0 Å². The maximum atomic E-state index is 11.0. The summed E-state index contributed by atoms with van der Waals surface area (Å²) < 4.78 is 5.92. The Labute approximate surface area is 170 Å². The third-order valence-corrected chi connectivity index (χ3v) is 5.91. The van der Waals surface area contributed by atoms with E-state index in [2.05, 4.69) is 41.8 Å². The van der Waals surface area contributed by atoms with Gasteiger partial charge in [0.15, 0.2) is 0 Å². The highest BCUT2D eigenvalue weighted by atomic mass is 32.1. The number of carboxylic acids is 1. The van der Waals surface area contributed by atoms with E-state index in [1.165, 1.54) is 16.0 Å². The number of carbonyl (C=O) groups is 1. The first-order chi connectivity index (χ1) is 13.6. The lowest BCUT2D eigenvalue weighted by Gasteiger charge is -2.08. The van der Waals surface area contributed by atoms with Gasteiger partial charge >= 0.3 is 5.97 Å². The molecule has 2 heterocycles. The summed E-state index contributed by atoms with van der Waals surface area (Å²) in [5.41, 5.74) is 2.49. The van der Waals surface area contributed by atoms with Crippen LogP contribution < -0.4 is 0 Å². The molecule has 28 heavy (non-hydrogen) atoms. The number of rotatable bonds is 10. The minimum Gasteiger partial charge on any atom is -0.481 e. The van der Waals surface area contributed by atoms with Gasteiger partial charge in [-0.3, -0.25) is 4.79 Å². The molecular formula is C24H26O3S. The molecule has 4 heteroatoms. The van der Waals surface area contributed by atoms with Crippen molar-refractivity contribution in [1.82, 2.24) is 0 Å². The molecule has 0 saturated heterocycles. The molecule has 0 amide bonds. The average Bonchev–Trinajstić information content (AvgIpc) is 3.33. The maximum absolute atomic E-state index is 11.0. The molecule has 2 aromatic heterocycles. The molecule has 3 aromatic rings. The second-order valence-electron chi connectivity index (χ2n) is 6.97. The predicted octanol–water partition coefficient (Wildman–Crippen LogP) is 6.24. The van der Waals surface area contributed by atoms with Gasteiger partial charge in [-0.25, -0.2) is 0 Å². The number of hydrogen-bond acceptors (Lipinski definition) is 3. The fourth-order valence-corrected chi connectivity index (χ4v) is 4.33. The SMILES string of the molecule is CCC(CC(=O)O)c1cc(CC=CCc2ccc(Cc3ccccc3)o2)cs1. The summed E-state index contributed by atoms with van der Waals surface area (Å²) in [5, 5.41) is 11.2. The van der Waals surface area contributed by atoms with Crippen molar-refractivity contribution in [2.24, 2.45) is 0 Å². The van der Waals surface area contributed by atoms with Crippen LogP contribution in [0.4, 0.5) is 0 Å². The third-order valence-electron chi connectivity index (χ3n) is 4.77. The van der Waals surface area contributed by atoms with E-state index < -0.39 is 5.97 Å².